The quantitative estimate of drug-likeness (QED) is 0.823. The first kappa shape index (κ1) is 9.71. The molecule has 0 unspecified atom stereocenters. The molecule has 2 heterocycles. The molecule has 0 saturated heterocycles. The second-order valence-corrected chi connectivity index (χ2v) is 3.44. The van der Waals surface area contributed by atoms with Crippen LogP contribution in [0.5, 0.6) is 0 Å². The van der Waals surface area contributed by atoms with E-state index in [0.717, 1.165) is 18.2 Å². The second-order valence-electron chi connectivity index (χ2n) is 3.44. The number of nitrogens with zero attached hydrogens (tertiary/aromatic N) is 3. The molecule has 2 rings (SSSR count). The molecule has 15 heavy (non-hydrogen) atoms. The van der Waals surface area contributed by atoms with Crippen LogP contribution < -0.4 is 5.32 Å². The largest absolute Gasteiger partial charge is 0.359 e. The zero-order chi connectivity index (χ0) is 10.7. The Labute approximate surface area is 89.0 Å². The maximum Gasteiger partial charge on any atom is 0.203 e. The molecule has 0 aliphatic carbocycles. The summed E-state index contributed by atoms with van der Waals surface area (Å²) in [6.07, 6.45) is 5.64. The van der Waals surface area contributed by atoms with Crippen LogP contribution in [-0.2, 0) is 6.54 Å². The van der Waals surface area contributed by atoms with E-state index in [1.54, 1.807) is 12.4 Å². The third-order valence-electron chi connectivity index (χ3n) is 2.22. The van der Waals surface area contributed by atoms with Crippen molar-refractivity contribution in [3.05, 3.63) is 42.0 Å². The van der Waals surface area contributed by atoms with Gasteiger partial charge in [0.25, 0.3) is 0 Å². The molecule has 4 heteroatoms. The fourth-order valence-corrected chi connectivity index (χ4v) is 1.55. The fourth-order valence-electron chi connectivity index (χ4n) is 1.55. The molecule has 78 valence electrons. The third kappa shape index (κ3) is 2.15. The van der Waals surface area contributed by atoms with E-state index < -0.39 is 0 Å². The van der Waals surface area contributed by atoms with Gasteiger partial charge in [-0.15, -0.1) is 0 Å². The van der Waals surface area contributed by atoms with Crippen molar-refractivity contribution in [3.8, 4) is 0 Å². The summed E-state index contributed by atoms with van der Waals surface area (Å²) in [6.45, 7) is 2.81. The smallest absolute Gasteiger partial charge is 0.203 e. The SMILES string of the molecule is CNc1nc(C)cn1Cc1ccncc1. The van der Waals surface area contributed by atoms with Crippen molar-refractivity contribution < 1.29 is 0 Å². The monoisotopic (exact) mass is 202 g/mol. The Morgan fingerprint density at radius 1 is 1.33 bits per heavy atom. The van der Waals surface area contributed by atoms with E-state index in [1.165, 1.54) is 5.56 Å². The van der Waals surface area contributed by atoms with Crippen molar-refractivity contribution >= 4 is 5.95 Å². The van der Waals surface area contributed by atoms with Crippen molar-refractivity contribution in [1.82, 2.24) is 14.5 Å². The van der Waals surface area contributed by atoms with Gasteiger partial charge in [-0.1, -0.05) is 0 Å². The molecule has 2 aromatic rings. The van der Waals surface area contributed by atoms with E-state index in [1.807, 2.05) is 32.3 Å². The number of aryl methyl sites for hydroxylation is 1. The van der Waals surface area contributed by atoms with E-state index in [4.69, 9.17) is 0 Å². The minimum atomic E-state index is 0.819. The number of aromatic nitrogens is 3. The van der Waals surface area contributed by atoms with Crippen LogP contribution in [0.25, 0.3) is 0 Å². The zero-order valence-electron chi connectivity index (χ0n) is 8.94. The van der Waals surface area contributed by atoms with Gasteiger partial charge in [-0.3, -0.25) is 4.98 Å². The van der Waals surface area contributed by atoms with Gasteiger partial charge in [0.1, 0.15) is 0 Å². The van der Waals surface area contributed by atoms with Gasteiger partial charge < -0.3 is 9.88 Å². The van der Waals surface area contributed by atoms with Crippen LogP contribution in [0, 0.1) is 6.92 Å². The highest BCUT2D eigenvalue weighted by Gasteiger charge is 2.03. The summed E-state index contributed by atoms with van der Waals surface area (Å²) in [6, 6.07) is 4.02. The molecule has 0 aliphatic heterocycles. The summed E-state index contributed by atoms with van der Waals surface area (Å²) < 4.78 is 2.09. The highest BCUT2D eigenvalue weighted by Crippen LogP contribution is 2.10. The summed E-state index contributed by atoms with van der Waals surface area (Å²) in [5.41, 5.74) is 2.24. The van der Waals surface area contributed by atoms with Crippen LogP contribution in [0.4, 0.5) is 5.95 Å². The van der Waals surface area contributed by atoms with E-state index >= 15 is 0 Å². The molecule has 0 bridgehead atoms. The Morgan fingerprint density at radius 3 is 2.73 bits per heavy atom. The van der Waals surface area contributed by atoms with Crippen LogP contribution in [0.1, 0.15) is 11.3 Å². The molecular weight excluding hydrogens is 188 g/mol. The van der Waals surface area contributed by atoms with Crippen LogP contribution in [-0.4, -0.2) is 21.6 Å². The summed E-state index contributed by atoms with van der Waals surface area (Å²) in [5, 5.41) is 3.07. The highest BCUT2D eigenvalue weighted by atomic mass is 15.2. The summed E-state index contributed by atoms with van der Waals surface area (Å²) >= 11 is 0. The van der Waals surface area contributed by atoms with Crippen molar-refractivity contribution in [1.29, 1.82) is 0 Å². The predicted molar refractivity (Wildman–Crippen MR) is 59.8 cm³/mol. The van der Waals surface area contributed by atoms with Gasteiger partial charge in [0, 0.05) is 25.6 Å². The van der Waals surface area contributed by atoms with Gasteiger partial charge in [0.05, 0.1) is 12.2 Å². The van der Waals surface area contributed by atoms with Gasteiger partial charge in [0.15, 0.2) is 0 Å². The van der Waals surface area contributed by atoms with Crippen LogP contribution in [0.15, 0.2) is 30.7 Å². The molecule has 0 amide bonds. The van der Waals surface area contributed by atoms with Gasteiger partial charge in [-0.2, -0.15) is 0 Å². The maximum atomic E-state index is 4.36. The molecule has 0 fully saturated rings. The normalized spacial score (nSPS) is 10.3. The van der Waals surface area contributed by atoms with Gasteiger partial charge in [-0.25, -0.2) is 4.98 Å². The molecule has 0 saturated carbocycles. The predicted octanol–water partition coefficient (Wildman–Crippen LogP) is 1.68. The first-order valence-corrected chi connectivity index (χ1v) is 4.90. The molecule has 1 N–H and O–H groups in total. The number of anilines is 1. The third-order valence-corrected chi connectivity index (χ3v) is 2.22. The molecule has 0 atom stereocenters. The van der Waals surface area contributed by atoms with Crippen molar-refractivity contribution in [2.45, 2.75) is 13.5 Å². The highest BCUT2D eigenvalue weighted by molar-refractivity contribution is 5.29. The van der Waals surface area contributed by atoms with Crippen molar-refractivity contribution in [3.63, 3.8) is 0 Å². The van der Waals surface area contributed by atoms with Crippen LogP contribution in [0.2, 0.25) is 0 Å². The molecule has 0 aliphatic rings. The molecule has 4 nitrogen and oxygen atoms in total. The maximum absolute atomic E-state index is 4.36. The Morgan fingerprint density at radius 2 is 2.07 bits per heavy atom. The lowest BCUT2D eigenvalue weighted by atomic mass is 10.3. The number of hydrogen-bond donors (Lipinski definition) is 1. The van der Waals surface area contributed by atoms with Crippen molar-refractivity contribution in [2.24, 2.45) is 0 Å². The Balaban J connectivity index is 2.24. The van der Waals surface area contributed by atoms with Crippen LogP contribution >= 0.6 is 0 Å². The number of nitrogens with one attached hydrogen (secondary N) is 1. The van der Waals surface area contributed by atoms with Gasteiger partial charge in [0.2, 0.25) is 5.95 Å². The molecule has 2 aromatic heterocycles. The minimum absolute atomic E-state index is 0.819. The first-order chi connectivity index (χ1) is 7.29. The average Bonchev–Trinajstić information content (AvgIpc) is 2.60. The van der Waals surface area contributed by atoms with Gasteiger partial charge >= 0.3 is 0 Å². The number of hydrogen-bond acceptors (Lipinski definition) is 3. The van der Waals surface area contributed by atoms with E-state index in [9.17, 15) is 0 Å². The number of pyridine rings is 1. The average molecular weight is 202 g/mol. The lowest BCUT2D eigenvalue weighted by Gasteiger charge is -2.06. The molecule has 0 radical (unpaired) electrons. The first-order valence-electron chi connectivity index (χ1n) is 4.90. The number of imidazole rings is 1. The van der Waals surface area contributed by atoms with Crippen molar-refractivity contribution in [2.75, 3.05) is 12.4 Å². The van der Waals surface area contributed by atoms with E-state index in [-0.39, 0.29) is 0 Å². The molecular formula is C11H14N4. The summed E-state index contributed by atoms with van der Waals surface area (Å²) in [7, 11) is 1.88. The topological polar surface area (TPSA) is 42.7 Å². The van der Waals surface area contributed by atoms with E-state index in [0.29, 0.717) is 0 Å². The lowest BCUT2D eigenvalue weighted by molar-refractivity contribution is 0.803. The van der Waals surface area contributed by atoms with Crippen LogP contribution in [0.3, 0.4) is 0 Å². The lowest BCUT2D eigenvalue weighted by Crippen LogP contribution is -2.03. The summed E-state index contributed by atoms with van der Waals surface area (Å²) in [4.78, 5) is 8.36. The fraction of sp³-hybridized carbons (Fsp3) is 0.273. The molecule has 0 aromatic carbocycles. The van der Waals surface area contributed by atoms with E-state index in [2.05, 4.69) is 19.9 Å². The standard InChI is InChI=1S/C11H14N4/c1-9-7-15(11(12-2)14-9)8-10-3-5-13-6-4-10/h3-7H,8H2,1-2H3,(H,12,14). The summed E-state index contributed by atoms with van der Waals surface area (Å²) in [5.74, 6) is 0.893. The molecule has 0 spiro atoms. The van der Waals surface area contributed by atoms with Gasteiger partial charge in [-0.05, 0) is 24.6 Å². The number of rotatable bonds is 3. The Bertz CT molecular complexity index is 433. The minimum Gasteiger partial charge on any atom is -0.359 e. The zero-order valence-corrected chi connectivity index (χ0v) is 8.94. The Kier molecular flexibility index (Phi) is 2.67. The Hall–Kier alpha value is -1.84. The second kappa shape index (κ2) is 4.13.